The maximum Gasteiger partial charge on any atom is 0.415 e. The van der Waals surface area contributed by atoms with E-state index in [9.17, 15) is 4.79 Å². The van der Waals surface area contributed by atoms with Gasteiger partial charge in [0.25, 0.3) is 0 Å². The summed E-state index contributed by atoms with van der Waals surface area (Å²) in [5, 5.41) is 0. The number of thioether (sulfide) groups is 1. The van der Waals surface area contributed by atoms with E-state index in [0.717, 1.165) is 22.6 Å². The van der Waals surface area contributed by atoms with Crippen molar-refractivity contribution in [3.05, 3.63) is 35.9 Å². The second kappa shape index (κ2) is 6.78. The molecule has 0 bridgehead atoms. The van der Waals surface area contributed by atoms with E-state index in [0.29, 0.717) is 6.54 Å². The zero-order chi connectivity index (χ0) is 16.3. The first-order valence-corrected chi connectivity index (χ1v) is 8.76. The molecule has 0 atom stereocenters. The van der Waals surface area contributed by atoms with Crippen LogP contribution in [-0.2, 0) is 11.3 Å². The molecule has 4 heteroatoms. The van der Waals surface area contributed by atoms with Gasteiger partial charge in [-0.2, -0.15) is 0 Å². The van der Waals surface area contributed by atoms with Gasteiger partial charge in [0.2, 0.25) is 0 Å². The average molecular weight is 319 g/mol. The first-order chi connectivity index (χ1) is 10.3. The summed E-state index contributed by atoms with van der Waals surface area (Å²) in [5.41, 5.74) is 2.44. The SMILES string of the molecule is C=C1c2ccc(SCCCC)cc2CN1C(=O)OC(C)(C)C. The van der Waals surface area contributed by atoms with Gasteiger partial charge in [0.15, 0.2) is 0 Å². The largest absolute Gasteiger partial charge is 0.443 e. The quantitative estimate of drug-likeness (QED) is 0.557. The molecule has 0 saturated carbocycles. The lowest BCUT2D eigenvalue weighted by molar-refractivity contribution is 0.0352. The minimum absolute atomic E-state index is 0.325. The molecule has 3 nitrogen and oxygen atoms in total. The highest BCUT2D eigenvalue weighted by molar-refractivity contribution is 7.99. The molecular weight excluding hydrogens is 294 g/mol. The Morgan fingerprint density at radius 2 is 2.14 bits per heavy atom. The van der Waals surface area contributed by atoms with Crippen molar-refractivity contribution in [2.75, 3.05) is 5.75 Å². The molecule has 22 heavy (non-hydrogen) atoms. The Bertz CT molecular complexity index is 575. The molecule has 1 aromatic carbocycles. The minimum atomic E-state index is -0.493. The summed E-state index contributed by atoms with van der Waals surface area (Å²) in [6, 6.07) is 6.35. The number of ether oxygens (including phenoxy) is 1. The molecule has 0 N–H and O–H groups in total. The van der Waals surface area contributed by atoms with Gasteiger partial charge in [-0.05, 0) is 50.6 Å². The van der Waals surface area contributed by atoms with E-state index in [1.807, 2.05) is 32.5 Å². The first kappa shape index (κ1) is 16.9. The number of rotatable bonds is 4. The van der Waals surface area contributed by atoms with Crippen molar-refractivity contribution in [2.45, 2.75) is 57.6 Å². The van der Waals surface area contributed by atoms with Crippen molar-refractivity contribution in [3.63, 3.8) is 0 Å². The molecule has 1 heterocycles. The maximum atomic E-state index is 12.3. The highest BCUT2D eigenvalue weighted by Gasteiger charge is 2.30. The number of hydrogen-bond donors (Lipinski definition) is 0. The summed E-state index contributed by atoms with van der Waals surface area (Å²) in [6.07, 6.45) is 2.11. The molecule has 0 unspecified atom stereocenters. The van der Waals surface area contributed by atoms with Crippen molar-refractivity contribution < 1.29 is 9.53 Å². The Morgan fingerprint density at radius 1 is 1.41 bits per heavy atom. The highest BCUT2D eigenvalue weighted by atomic mass is 32.2. The summed E-state index contributed by atoms with van der Waals surface area (Å²) in [5.74, 6) is 1.13. The molecule has 1 aliphatic heterocycles. The Hall–Kier alpha value is -1.42. The maximum absolute atomic E-state index is 12.3. The third-order valence-corrected chi connectivity index (χ3v) is 4.50. The normalized spacial score (nSPS) is 14.2. The fraction of sp³-hybridized carbons (Fsp3) is 0.500. The number of amides is 1. The van der Waals surface area contributed by atoms with Crippen LogP contribution in [0.1, 0.15) is 51.7 Å². The topological polar surface area (TPSA) is 29.5 Å². The standard InChI is InChI=1S/C18H25NO2S/c1-6-7-10-22-15-8-9-16-13(2)19(12-14(16)11-15)17(20)21-18(3,4)5/h8-9,11H,2,6-7,10,12H2,1,3-5H3. The Morgan fingerprint density at radius 3 is 2.77 bits per heavy atom. The van der Waals surface area contributed by atoms with Crippen LogP contribution in [0.15, 0.2) is 29.7 Å². The van der Waals surface area contributed by atoms with E-state index in [2.05, 4.69) is 31.7 Å². The van der Waals surface area contributed by atoms with Gasteiger partial charge in [-0.3, -0.25) is 4.90 Å². The second-order valence-corrected chi connectivity index (χ2v) is 7.70. The summed E-state index contributed by atoms with van der Waals surface area (Å²) >= 11 is 1.87. The third kappa shape index (κ3) is 4.07. The fourth-order valence-electron chi connectivity index (χ4n) is 2.31. The minimum Gasteiger partial charge on any atom is -0.443 e. The van der Waals surface area contributed by atoms with Crippen LogP contribution in [-0.4, -0.2) is 22.3 Å². The van der Waals surface area contributed by atoms with Crippen molar-refractivity contribution in [1.29, 1.82) is 0 Å². The van der Waals surface area contributed by atoms with Crippen LogP contribution in [0, 0.1) is 0 Å². The molecule has 0 radical (unpaired) electrons. The fourth-order valence-corrected chi connectivity index (χ4v) is 3.37. The number of nitrogens with zero attached hydrogens (tertiary/aromatic N) is 1. The molecule has 0 aromatic heterocycles. The first-order valence-electron chi connectivity index (χ1n) is 7.77. The van der Waals surface area contributed by atoms with Crippen molar-refractivity contribution in [3.8, 4) is 0 Å². The van der Waals surface area contributed by atoms with Crippen molar-refractivity contribution >= 4 is 23.6 Å². The molecular formula is C18H25NO2S. The van der Waals surface area contributed by atoms with Crippen molar-refractivity contribution in [2.24, 2.45) is 0 Å². The molecule has 1 amide bonds. The third-order valence-electron chi connectivity index (χ3n) is 3.42. The van der Waals surface area contributed by atoms with Crippen LogP contribution in [0.4, 0.5) is 4.79 Å². The predicted octanol–water partition coefficient (Wildman–Crippen LogP) is 5.30. The van der Waals surface area contributed by atoms with Gasteiger partial charge in [-0.15, -0.1) is 11.8 Å². The number of fused-ring (bicyclic) bond motifs is 1. The van der Waals surface area contributed by atoms with Gasteiger partial charge < -0.3 is 4.74 Å². The van der Waals surface area contributed by atoms with Gasteiger partial charge in [0, 0.05) is 16.2 Å². The van der Waals surface area contributed by atoms with Crippen LogP contribution in [0.5, 0.6) is 0 Å². The lowest BCUT2D eigenvalue weighted by Gasteiger charge is -2.24. The highest BCUT2D eigenvalue weighted by Crippen LogP contribution is 2.35. The van der Waals surface area contributed by atoms with Crippen LogP contribution in [0.25, 0.3) is 5.70 Å². The predicted molar refractivity (Wildman–Crippen MR) is 92.9 cm³/mol. The van der Waals surface area contributed by atoms with E-state index < -0.39 is 5.60 Å². The summed E-state index contributed by atoms with van der Waals surface area (Å²) in [7, 11) is 0. The van der Waals surface area contributed by atoms with Crippen LogP contribution in [0.2, 0.25) is 0 Å². The zero-order valence-electron chi connectivity index (χ0n) is 13.9. The van der Waals surface area contributed by atoms with E-state index in [1.54, 1.807) is 4.90 Å². The number of carbonyl (C=O) groups excluding carboxylic acids is 1. The average Bonchev–Trinajstić information content (AvgIpc) is 2.74. The van der Waals surface area contributed by atoms with Crippen LogP contribution in [0.3, 0.4) is 0 Å². The molecule has 1 aromatic rings. The summed E-state index contributed by atoms with van der Waals surface area (Å²) < 4.78 is 5.45. The molecule has 0 spiro atoms. The van der Waals surface area contributed by atoms with E-state index in [-0.39, 0.29) is 6.09 Å². The zero-order valence-corrected chi connectivity index (χ0v) is 14.8. The second-order valence-electron chi connectivity index (χ2n) is 6.53. The van der Waals surface area contributed by atoms with E-state index in [4.69, 9.17) is 4.74 Å². The Balaban J connectivity index is 2.09. The van der Waals surface area contributed by atoms with E-state index in [1.165, 1.54) is 17.7 Å². The molecule has 0 saturated heterocycles. The van der Waals surface area contributed by atoms with Gasteiger partial charge in [-0.1, -0.05) is 26.0 Å². The van der Waals surface area contributed by atoms with Gasteiger partial charge in [0.05, 0.1) is 6.54 Å². The smallest absolute Gasteiger partial charge is 0.415 e. The lowest BCUT2D eigenvalue weighted by atomic mass is 10.1. The number of carbonyl (C=O) groups is 1. The van der Waals surface area contributed by atoms with Crippen LogP contribution >= 0.6 is 11.8 Å². The van der Waals surface area contributed by atoms with E-state index >= 15 is 0 Å². The molecule has 0 fully saturated rings. The molecule has 0 aliphatic carbocycles. The number of hydrogen-bond acceptors (Lipinski definition) is 3. The number of unbranched alkanes of at least 4 members (excludes halogenated alkanes) is 1. The van der Waals surface area contributed by atoms with Crippen molar-refractivity contribution in [1.82, 2.24) is 4.90 Å². The summed E-state index contributed by atoms with van der Waals surface area (Å²) in [4.78, 5) is 15.2. The Kier molecular flexibility index (Phi) is 5.22. The van der Waals surface area contributed by atoms with Gasteiger partial charge >= 0.3 is 6.09 Å². The molecule has 1 aliphatic rings. The molecule has 2 rings (SSSR count). The van der Waals surface area contributed by atoms with Gasteiger partial charge in [0.1, 0.15) is 5.60 Å². The lowest BCUT2D eigenvalue weighted by Crippen LogP contribution is -2.32. The Labute approximate surface area is 137 Å². The summed E-state index contributed by atoms with van der Waals surface area (Å²) in [6.45, 7) is 12.4. The van der Waals surface area contributed by atoms with Crippen LogP contribution < -0.4 is 0 Å². The molecule has 120 valence electrons. The monoisotopic (exact) mass is 319 g/mol. The number of benzene rings is 1. The van der Waals surface area contributed by atoms with Gasteiger partial charge in [-0.25, -0.2) is 4.79 Å².